The lowest BCUT2D eigenvalue weighted by Gasteiger charge is -2.17. The zero-order valence-electron chi connectivity index (χ0n) is 10.6. The predicted octanol–water partition coefficient (Wildman–Crippen LogP) is 3.62. The second kappa shape index (κ2) is 6.48. The van der Waals surface area contributed by atoms with E-state index in [1.807, 2.05) is 19.2 Å². The molecule has 0 aliphatic heterocycles. The normalized spacial score (nSPS) is 17.5. The Balaban J connectivity index is 1.88. The molecule has 1 aromatic heterocycles. The van der Waals surface area contributed by atoms with Gasteiger partial charge in [-0.1, -0.05) is 25.7 Å². The van der Waals surface area contributed by atoms with Crippen molar-refractivity contribution in [3.05, 3.63) is 18.3 Å². The van der Waals surface area contributed by atoms with Gasteiger partial charge in [-0.25, -0.2) is 4.98 Å². The van der Waals surface area contributed by atoms with Crippen LogP contribution in [0.15, 0.2) is 18.3 Å². The number of hydrogen-bond donors (Lipinski definition) is 1. The van der Waals surface area contributed by atoms with Gasteiger partial charge in [0, 0.05) is 12.1 Å². The molecule has 3 heteroatoms. The first-order chi connectivity index (χ1) is 8.38. The lowest BCUT2D eigenvalue weighted by atomic mass is 10.1. The molecule has 0 bridgehead atoms. The van der Waals surface area contributed by atoms with Crippen molar-refractivity contribution in [1.82, 2.24) is 4.98 Å². The molecule has 1 fully saturated rings. The fraction of sp³-hybridized carbons (Fsp3) is 0.643. The van der Waals surface area contributed by atoms with Crippen LogP contribution < -0.4 is 10.1 Å². The molecule has 0 atom stereocenters. The van der Waals surface area contributed by atoms with Crippen LogP contribution in [0.4, 0.5) is 5.69 Å². The highest BCUT2D eigenvalue weighted by molar-refractivity contribution is 5.42. The number of rotatable bonds is 4. The molecule has 1 heterocycles. The fourth-order valence-electron chi connectivity index (χ4n) is 2.36. The van der Waals surface area contributed by atoms with Gasteiger partial charge >= 0.3 is 0 Å². The molecular weight excluding hydrogens is 212 g/mol. The van der Waals surface area contributed by atoms with E-state index in [-0.39, 0.29) is 0 Å². The van der Waals surface area contributed by atoms with E-state index >= 15 is 0 Å². The Hall–Kier alpha value is -1.25. The van der Waals surface area contributed by atoms with Gasteiger partial charge in [0.25, 0.3) is 0 Å². The van der Waals surface area contributed by atoms with Crippen LogP contribution in [0.1, 0.15) is 45.4 Å². The third-order valence-corrected chi connectivity index (χ3v) is 3.25. The minimum Gasteiger partial charge on any atom is -0.478 e. The average molecular weight is 234 g/mol. The number of hydrogen-bond acceptors (Lipinski definition) is 3. The zero-order chi connectivity index (χ0) is 11.9. The van der Waals surface area contributed by atoms with E-state index < -0.39 is 0 Å². The van der Waals surface area contributed by atoms with Gasteiger partial charge in [0.15, 0.2) is 0 Å². The van der Waals surface area contributed by atoms with E-state index in [4.69, 9.17) is 4.74 Å². The van der Waals surface area contributed by atoms with E-state index in [1.165, 1.54) is 38.5 Å². The van der Waals surface area contributed by atoms with Crippen molar-refractivity contribution >= 4 is 5.69 Å². The first-order valence-electron chi connectivity index (χ1n) is 6.74. The van der Waals surface area contributed by atoms with Crippen LogP contribution in [0.3, 0.4) is 0 Å². The number of aromatic nitrogens is 1. The Bertz CT molecular complexity index is 315. The van der Waals surface area contributed by atoms with Crippen LogP contribution in [-0.4, -0.2) is 17.6 Å². The van der Waals surface area contributed by atoms with Gasteiger partial charge in [-0.05, 0) is 25.8 Å². The Morgan fingerprint density at radius 1 is 1.24 bits per heavy atom. The van der Waals surface area contributed by atoms with Crippen LogP contribution in [0.25, 0.3) is 0 Å². The number of nitrogens with one attached hydrogen (secondary N) is 1. The third kappa shape index (κ3) is 3.91. The van der Waals surface area contributed by atoms with E-state index in [9.17, 15) is 0 Å². The molecule has 1 aliphatic rings. The highest BCUT2D eigenvalue weighted by Gasteiger charge is 2.11. The van der Waals surface area contributed by atoms with Crippen molar-refractivity contribution in [3.8, 4) is 5.88 Å². The van der Waals surface area contributed by atoms with Crippen molar-refractivity contribution in [2.24, 2.45) is 0 Å². The van der Waals surface area contributed by atoms with Crippen molar-refractivity contribution < 1.29 is 4.74 Å². The van der Waals surface area contributed by atoms with Crippen LogP contribution in [0.2, 0.25) is 0 Å². The number of ether oxygens (including phenoxy) is 1. The van der Waals surface area contributed by atoms with Crippen LogP contribution in [0.5, 0.6) is 5.88 Å². The Kier molecular flexibility index (Phi) is 4.65. The van der Waals surface area contributed by atoms with Crippen molar-refractivity contribution in [3.63, 3.8) is 0 Å². The molecule has 0 amide bonds. The quantitative estimate of drug-likeness (QED) is 0.808. The molecule has 0 unspecified atom stereocenters. The van der Waals surface area contributed by atoms with E-state index in [0.717, 1.165) is 5.69 Å². The summed E-state index contributed by atoms with van der Waals surface area (Å²) in [6.07, 6.45) is 9.92. The molecule has 1 N–H and O–H groups in total. The summed E-state index contributed by atoms with van der Waals surface area (Å²) >= 11 is 0. The highest BCUT2D eigenvalue weighted by Crippen LogP contribution is 2.21. The molecule has 1 aliphatic carbocycles. The Morgan fingerprint density at radius 3 is 2.59 bits per heavy atom. The number of anilines is 1. The van der Waals surface area contributed by atoms with Crippen LogP contribution in [0, 0.1) is 0 Å². The smallest absolute Gasteiger partial charge is 0.213 e. The van der Waals surface area contributed by atoms with Gasteiger partial charge in [-0.15, -0.1) is 0 Å². The summed E-state index contributed by atoms with van der Waals surface area (Å²) in [6.45, 7) is 2.64. The molecule has 0 aromatic carbocycles. The number of nitrogens with zero attached hydrogens (tertiary/aromatic N) is 1. The first kappa shape index (κ1) is 12.2. The van der Waals surface area contributed by atoms with E-state index in [2.05, 4.69) is 16.4 Å². The minimum atomic E-state index is 0.622. The average Bonchev–Trinajstić information content (AvgIpc) is 2.61. The largest absolute Gasteiger partial charge is 0.478 e. The summed E-state index contributed by atoms with van der Waals surface area (Å²) in [5.41, 5.74) is 1.11. The molecular formula is C14H22N2O. The molecule has 1 saturated carbocycles. The number of pyridine rings is 1. The first-order valence-corrected chi connectivity index (χ1v) is 6.74. The Morgan fingerprint density at radius 2 is 2.00 bits per heavy atom. The SMILES string of the molecule is CCOc1ccc(NC2CCCCCC2)cn1. The molecule has 0 radical (unpaired) electrons. The van der Waals surface area contributed by atoms with Gasteiger partial charge in [0.05, 0.1) is 18.5 Å². The van der Waals surface area contributed by atoms with Crippen molar-refractivity contribution in [2.45, 2.75) is 51.5 Å². The lowest BCUT2D eigenvalue weighted by Crippen LogP contribution is -2.18. The zero-order valence-corrected chi connectivity index (χ0v) is 10.6. The maximum Gasteiger partial charge on any atom is 0.213 e. The standard InChI is InChI=1S/C14H22N2O/c1-2-17-14-10-9-13(11-15-14)16-12-7-5-3-4-6-8-12/h9-12,16H,2-8H2,1H3. The molecule has 2 rings (SSSR count). The second-order valence-corrected chi connectivity index (χ2v) is 4.65. The molecule has 94 valence electrons. The summed E-state index contributed by atoms with van der Waals surface area (Å²) in [4.78, 5) is 4.27. The molecule has 0 spiro atoms. The van der Waals surface area contributed by atoms with E-state index in [1.54, 1.807) is 0 Å². The predicted molar refractivity (Wildman–Crippen MR) is 70.5 cm³/mol. The van der Waals surface area contributed by atoms with Gasteiger partial charge in [-0.3, -0.25) is 0 Å². The maximum atomic E-state index is 5.33. The second-order valence-electron chi connectivity index (χ2n) is 4.65. The summed E-state index contributed by atoms with van der Waals surface area (Å²) in [7, 11) is 0. The third-order valence-electron chi connectivity index (χ3n) is 3.25. The summed E-state index contributed by atoms with van der Waals surface area (Å²) in [5, 5.41) is 3.57. The summed E-state index contributed by atoms with van der Waals surface area (Å²) in [6, 6.07) is 4.61. The molecule has 1 aromatic rings. The maximum absolute atomic E-state index is 5.33. The van der Waals surface area contributed by atoms with Gasteiger partial charge in [0.2, 0.25) is 5.88 Å². The highest BCUT2D eigenvalue weighted by atomic mass is 16.5. The van der Waals surface area contributed by atoms with Gasteiger partial charge in [-0.2, -0.15) is 0 Å². The monoisotopic (exact) mass is 234 g/mol. The van der Waals surface area contributed by atoms with Gasteiger partial charge in [0.1, 0.15) is 0 Å². The molecule has 17 heavy (non-hydrogen) atoms. The fourth-order valence-corrected chi connectivity index (χ4v) is 2.36. The topological polar surface area (TPSA) is 34.1 Å². The summed E-state index contributed by atoms with van der Waals surface area (Å²) < 4.78 is 5.33. The van der Waals surface area contributed by atoms with Crippen LogP contribution >= 0.6 is 0 Å². The Labute approximate surface area is 104 Å². The molecule has 0 saturated heterocycles. The summed E-state index contributed by atoms with van der Waals surface area (Å²) in [5.74, 6) is 0.707. The van der Waals surface area contributed by atoms with Gasteiger partial charge < -0.3 is 10.1 Å². The molecule has 3 nitrogen and oxygen atoms in total. The van der Waals surface area contributed by atoms with Crippen LogP contribution in [-0.2, 0) is 0 Å². The van der Waals surface area contributed by atoms with Crippen molar-refractivity contribution in [2.75, 3.05) is 11.9 Å². The minimum absolute atomic E-state index is 0.622. The van der Waals surface area contributed by atoms with Crippen molar-refractivity contribution in [1.29, 1.82) is 0 Å². The lowest BCUT2D eigenvalue weighted by molar-refractivity contribution is 0.327. The van der Waals surface area contributed by atoms with E-state index in [0.29, 0.717) is 18.5 Å².